The molecule has 3 nitrogen and oxygen atoms in total. The first kappa shape index (κ1) is 14.3. The molecule has 1 saturated heterocycles. The monoisotopic (exact) mass is 293 g/mol. The second kappa shape index (κ2) is 6.44. The summed E-state index contributed by atoms with van der Waals surface area (Å²) in [6, 6.07) is 0.547. The van der Waals surface area contributed by atoms with E-state index in [1.54, 1.807) is 0 Å². The van der Waals surface area contributed by atoms with Crippen LogP contribution < -0.4 is 10.2 Å². The number of thiazole rings is 1. The highest BCUT2D eigenvalue weighted by Gasteiger charge is 2.30. The average molecular weight is 293 g/mol. The predicted octanol–water partition coefficient (Wildman–Crippen LogP) is 3.90. The van der Waals surface area contributed by atoms with Gasteiger partial charge in [-0.2, -0.15) is 0 Å². The van der Waals surface area contributed by atoms with Gasteiger partial charge in [0.15, 0.2) is 5.13 Å². The maximum Gasteiger partial charge on any atom is 0.185 e. The molecule has 0 radical (unpaired) electrons. The molecule has 0 bridgehead atoms. The molecule has 0 aromatic carbocycles. The molecule has 1 aromatic heterocycles. The lowest BCUT2D eigenvalue weighted by Gasteiger charge is -2.18. The largest absolute Gasteiger partial charge is 0.348 e. The lowest BCUT2D eigenvalue weighted by atomic mass is 10.2. The quantitative estimate of drug-likeness (QED) is 0.892. The fourth-order valence-corrected chi connectivity index (χ4v) is 4.00. The van der Waals surface area contributed by atoms with Gasteiger partial charge in [-0.1, -0.05) is 26.7 Å². The van der Waals surface area contributed by atoms with E-state index in [1.165, 1.54) is 67.3 Å². The molecule has 2 heterocycles. The number of rotatable bonds is 5. The molecule has 1 aromatic rings. The third-order valence-corrected chi connectivity index (χ3v) is 5.36. The molecule has 1 saturated carbocycles. The predicted molar refractivity (Wildman–Crippen MR) is 86.7 cm³/mol. The zero-order valence-corrected chi connectivity index (χ0v) is 13.6. The van der Waals surface area contributed by atoms with E-state index in [0.717, 1.165) is 12.5 Å². The summed E-state index contributed by atoms with van der Waals surface area (Å²) in [5.41, 5.74) is 1.40. The standard InChI is InChI=1S/C16H27N3S/c1-12(2)17-11-14-15(13-7-8-13)18-16(20-14)19-9-5-3-4-6-10-19/h12-13,17H,3-11H2,1-2H3. The highest BCUT2D eigenvalue weighted by atomic mass is 32.1. The van der Waals surface area contributed by atoms with E-state index >= 15 is 0 Å². The SMILES string of the molecule is CC(C)NCc1sc(N2CCCCCC2)nc1C1CC1. The molecule has 1 aliphatic carbocycles. The van der Waals surface area contributed by atoms with Gasteiger partial charge in [-0.15, -0.1) is 11.3 Å². The summed E-state index contributed by atoms with van der Waals surface area (Å²) in [5, 5.41) is 4.85. The van der Waals surface area contributed by atoms with Crippen molar-refractivity contribution in [1.29, 1.82) is 0 Å². The van der Waals surface area contributed by atoms with Crippen LogP contribution in [-0.2, 0) is 6.54 Å². The summed E-state index contributed by atoms with van der Waals surface area (Å²) >= 11 is 1.94. The third kappa shape index (κ3) is 3.53. The van der Waals surface area contributed by atoms with Gasteiger partial charge in [0.05, 0.1) is 5.69 Å². The van der Waals surface area contributed by atoms with Crippen LogP contribution in [0.4, 0.5) is 5.13 Å². The number of anilines is 1. The lowest BCUT2D eigenvalue weighted by Crippen LogP contribution is -2.23. The Kier molecular flexibility index (Phi) is 4.61. The van der Waals surface area contributed by atoms with E-state index in [0.29, 0.717) is 6.04 Å². The van der Waals surface area contributed by atoms with Gasteiger partial charge in [0.25, 0.3) is 0 Å². The van der Waals surface area contributed by atoms with E-state index in [2.05, 4.69) is 24.1 Å². The molecule has 2 fully saturated rings. The molecule has 0 unspecified atom stereocenters. The zero-order chi connectivity index (χ0) is 13.9. The molecular weight excluding hydrogens is 266 g/mol. The lowest BCUT2D eigenvalue weighted by molar-refractivity contribution is 0.590. The number of aromatic nitrogens is 1. The Hall–Kier alpha value is -0.610. The molecular formula is C16H27N3S. The van der Waals surface area contributed by atoms with Crippen LogP contribution in [0.15, 0.2) is 0 Å². The van der Waals surface area contributed by atoms with Crippen molar-refractivity contribution in [2.45, 2.75) is 70.9 Å². The van der Waals surface area contributed by atoms with Crippen molar-refractivity contribution in [1.82, 2.24) is 10.3 Å². The molecule has 4 heteroatoms. The van der Waals surface area contributed by atoms with E-state index < -0.39 is 0 Å². The summed E-state index contributed by atoms with van der Waals surface area (Å²) in [4.78, 5) is 9.04. The fraction of sp³-hybridized carbons (Fsp3) is 0.812. The van der Waals surface area contributed by atoms with E-state index in [1.807, 2.05) is 11.3 Å². The second-order valence-electron chi connectivity index (χ2n) is 6.52. The first-order valence-electron chi connectivity index (χ1n) is 8.22. The normalized spacial score (nSPS) is 20.4. The van der Waals surface area contributed by atoms with Gasteiger partial charge in [0, 0.05) is 36.5 Å². The average Bonchev–Trinajstić information content (AvgIpc) is 3.22. The van der Waals surface area contributed by atoms with Crippen molar-refractivity contribution < 1.29 is 0 Å². The molecule has 1 aliphatic heterocycles. The van der Waals surface area contributed by atoms with Crippen LogP contribution in [0.5, 0.6) is 0 Å². The number of nitrogens with zero attached hydrogens (tertiary/aromatic N) is 2. The number of hydrogen-bond donors (Lipinski definition) is 1. The van der Waals surface area contributed by atoms with Crippen LogP contribution in [-0.4, -0.2) is 24.1 Å². The first-order valence-corrected chi connectivity index (χ1v) is 9.03. The van der Waals surface area contributed by atoms with E-state index in [-0.39, 0.29) is 0 Å². The summed E-state index contributed by atoms with van der Waals surface area (Å²) in [6.45, 7) is 7.83. The molecule has 0 spiro atoms. The first-order chi connectivity index (χ1) is 9.74. The van der Waals surface area contributed by atoms with Crippen molar-refractivity contribution in [2.75, 3.05) is 18.0 Å². The van der Waals surface area contributed by atoms with Crippen molar-refractivity contribution in [3.8, 4) is 0 Å². The Morgan fingerprint density at radius 1 is 1.20 bits per heavy atom. The highest BCUT2D eigenvalue weighted by molar-refractivity contribution is 7.15. The Morgan fingerprint density at radius 2 is 1.90 bits per heavy atom. The summed E-state index contributed by atoms with van der Waals surface area (Å²) < 4.78 is 0. The maximum atomic E-state index is 5.02. The topological polar surface area (TPSA) is 28.2 Å². The Bertz CT molecular complexity index is 429. The molecule has 20 heavy (non-hydrogen) atoms. The number of hydrogen-bond acceptors (Lipinski definition) is 4. The van der Waals surface area contributed by atoms with Gasteiger partial charge < -0.3 is 10.2 Å². The van der Waals surface area contributed by atoms with E-state index in [9.17, 15) is 0 Å². The van der Waals surface area contributed by atoms with Crippen LogP contribution in [0.1, 0.15) is 68.9 Å². The van der Waals surface area contributed by atoms with Gasteiger partial charge in [-0.3, -0.25) is 0 Å². The Labute approximate surface area is 126 Å². The minimum absolute atomic E-state index is 0.547. The van der Waals surface area contributed by atoms with Crippen molar-refractivity contribution in [2.24, 2.45) is 0 Å². The second-order valence-corrected chi connectivity index (χ2v) is 7.58. The summed E-state index contributed by atoms with van der Waals surface area (Å²) in [7, 11) is 0. The fourth-order valence-electron chi connectivity index (χ4n) is 2.85. The third-order valence-electron chi connectivity index (χ3n) is 4.23. The van der Waals surface area contributed by atoms with Crippen LogP contribution in [0.2, 0.25) is 0 Å². The van der Waals surface area contributed by atoms with Crippen LogP contribution in [0.25, 0.3) is 0 Å². The maximum absolute atomic E-state index is 5.02. The van der Waals surface area contributed by atoms with Crippen molar-refractivity contribution in [3.05, 3.63) is 10.6 Å². The molecule has 3 rings (SSSR count). The van der Waals surface area contributed by atoms with Gasteiger partial charge in [0.1, 0.15) is 0 Å². The van der Waals surface area contributed by atoms with Gasteiger partial charge >= 0.3 is 0 Å². The van der Waals surface area contributed by atoms with Crippen LogP contribution >= 0.6 is 11.3 Å². The van der Waals surface area contributed by atoms with Gasteiger partial charge in [-0.25, -0.2) is 4.98 Å². The molecule has 0 amide bonds. The minimum Gasteiger partial charge on any atom is -0.348 e. The molecule has 1 N–H and O–H groups in total. The molecule has 0 atom stereocenters. The molecule has 112 valence electrons. The van der Waals surface area contributed by atoms with Crippen molar-refractivity contribution in [3.63, 3.8) is 0 Å². The summed E-state index contributed by atoms with van der Waals surface area (Å²) in [6.07, 6.45) is 8.13. The van der Waals surface area contributed by atoms with Crippen molar-refractivity contribution >= 4 is 16.5 Å². The molecule has 2 aliphatic rings. The summed E-state index contributed by atoms with van der Waals surface area (Å²) in [5.74, 6) is 0.760. The highest BCUT2D eigenvalue weighted by Crippen LogP contribution is 2.44. The minimum atomic E-state index is 0.547. The Morgan fingerprint density at radius 3 is 2.50 bits per heavy atom. The van der Waals surface area contributed by atoms with Crippen LogP contribution in [0, 0.1) is 0 Å². The smallest absolute Gasteiger partial charge is 0.185 e. The Balaban J connectivity index is 1.75. The van der Waals surface area contributed by atoms with Gasteiger partial charge in [0.2, 0.25) is 0 Å². The zero-order valence-electron chi connectivity index (χ0n) is 12.8. The number of nitrogens with one attached hydrogen (secondary N) is 1. The van der Waals surface area contributed by atoms with E-state index in [4.69, 9.17) is 4.98 Å². The van der Waals surface area contributed by atoms with Crippen LogP contribution in [0.3, 0.4) is 0 Å². The van der Waals surface area contributed by atoms with Gasteiger partial charge in [-0.05, 0) is 25.7 Å².